The topological polar surface area (TPSA) is 34.9 Å². The van der Waals surface area contributed by atoms with E-state index in [0.29, 0.717) is 28.0 Å². The van der Waals surface area contributed by atoms with Crippen LogP contribution in [-0.4, -0.2) is 27.1 Å². The van der Waals surface area contributed by atoms with Gasteiger partial charge in [-0.2, -0.15) is 18.3 Å². The van der Waals surface area contributed by atoms with Crippen LogP contribution < -0.4 is 0 Å². The average Bonchev–Trinajstić information content (AvgIpc) is 2.76. The third kappa shape index (κ3) is 4.60. The second-order valence-corrected chi connectivity index (χ2v) is 6.68. The van der Waals surface area contributed by atoms with Crippen molar-refractivity contribution in [2.24, 2.45) is 0 Å². The van der Waals surface area contributed by atoms with Crippen molar-refractivity contribution >= 4 is 17.7 Å². The van der Waals surface area contributed by atoms with E-state index < -0.39 is 23.8 Å². The lowest BCUT2D eigenvalue weighted by Gasteiger charge is -2.19. The van der Waals surface area contributed by atoms with Crippen molar-refractivity contribution in [2.45, 2.75) is 43.5 Å². The number of alkyl halides is 3. The Morgan fingerprint density at radius 1 is 1.26 bits per heavy atom. The Morgan fingerprint density at radius 3 is 2.48 bits per heavy atom. The first-order chi connectivity index (χ1) is 10.7. The molecule has 0 unspecified atom stereocenters. The maximum atomic E-state index is 13.3. The Labute approximate surface area is 136 Å². The minimum Gasteiger partial charge on any atom is -0.273 e. The average molecular weight is 342 g/mol. The van der Waals surface area contributed by atoms with Crippen LogP contribution in [0.25, 0.3) is 0 Å². The van der Waals surface area contributed by atoms with Crippen LogP contribution in [0.1, 0.15) is 28.2 Å². The van der Waals surface area contributed by atoms with E-state index >= 15 is 0 Å². The van der Waals surface area contributed by atoms with E-state index in [1.165, 1.54) is 0 Å². The highest BCUT2D eigenvalue weighted by molar-refractivity contribution is 8.00. The number of halogens is 3. The molecule has 0 bridgehead atoms. The summed E-state index contributed by atoms with van der Waals surface area (Å²) < 4.78 is 40.9. The van der Waals surface area contributed by atoms with Crippen molar-refractivity contribution in [2.75, 3.05) is 0 Å². The lowest BCUT2D eigenvalue weighted by atomic mass is 10.2. The highest BCUT2D eigenvalue weighted by Gasteiger charge is 2.42. The first kappa shape index (κ1) is 17.6. The Balaban J connectivity index is 2.19. The van der Waals surface area contributed by atoms with E-state index in [1.807, 2.05) is 13.0 Å². The number of rotatable bonds is 4. The van der Waals surface area contributed by atoms with E-state index in [-0.39, 0.29) is 0 Å². The van der Waals surface area contributed by atoms with Crippen molar-refractivity contribution in [3.8, 4) is 0 Å². The van der Waals surface area contributed by atoms with Crippen LogP contribution in [0.4, 0.5) is 13.2 Å². The van der Waals surface area contributed by atoms with Gasteiger partial charge < -0.3 is 0 Å². The zero-order valence-corrected chi connectivity index (χ0v) is 13.8. The van der Waals surface area contributed by atoms with Crippen molar-refractivity contribution in [1.29, 1.82) is 0 Å². The summed E-state index contributed by atoms with van der Waals surface area (Å²) in [5, 5.41) is 2.15. The first-order valence-corrected chi connectivity index (χ1v) is 7.91. The summed E-state index contributed by atoms with van der Waals surface area (Å²) in [7, 11) is 0. The van der Waals surface area contributed by atoms with Gasteiger partial charge in [-0.15, -0.1) is 11.8 Å². The summed E-state index contributed by atoms with van der Waals surface area (Å²) in [5.41, 5.74) is 2.01. The zero-order chi connectivity index (χ0) is 17.2. The highest BCUT2D eigenvalue weighted by atomic mass is 32.2. The summed E-state index contributed by atoms with van der Waals surface area (Å²) in [4.78, 5) is 12.7. The van der Waals surface area contributed by atoms with E-state index in [2.05, 4.69) is 5.10 Å². The van der Waals surface area contributed by atoms with Gasteiger partial charge in [0, 0.05) is 17.0 Å². The number of aryl methyl sites for hydroxylation is 3. The molecule has 124 valence electrons. The van der Waals surface area contributed by atoms with Crippen LogP contribution in [0.15, 0.2) is 35.2 Å². The zero-order valence-electron chi connectivity index (χ0n) is 13.0. The van der Waals surface area contributed by atoms with Crippen LogP contribution in [0.3, 0.4) is 0 Å². The third-order valence-electron chi connectivity index (χ3n) is 3.24. The predicted octanol–water partition coefficient (Wildman–Crippen LogP) is 4.56. The summed E-state index contributed by atoms with van der Waals surface area (Å²) in [5.74, 6) is -0.655. The molecule has 0 fully saturated rings. The number of nitrogens with zero attached hydrogens (tertiary/aromatic N) is 2. The second-order valence-electron chi connectivity index (χ2n) is 5.40. The number of carbonyl (C=O) groups is 1. The van der Waals surface area contributed by atoms with Gasteiger partial charge in [-0.25, -0.2) is 4.68 Å². The van der Waals surface area contributed by atoms with Gasteiger partial charge in [0.15, 0.2) is 0 Å². The lowest BCUT2D eigenvalue weighted by molar-refractivity contribution is -0.128. The maximum absolute atomic E-state index is 13.3. The predicted molar refractivity (Wildman–Crippen MR) is 83.8 cm³/mol. The molecule has 1 heterocycles. The number of hydrogen-bond acceptors (Lipinski definition) is 3. The maximum Gasteiger partial charge on any atom is 0.401 e. The van der Waals surface area contributed by atoms with Crippen molar-refractivity contribution in [3.05, 3.63) is 47.3 Å². The van der Waals surface area contributed by atoms with E-state index in [9.17, 15) is 18.0 Å². The smallest absolute Gasteiger partial charge is 0.273 e. The fourth-order valence-electron chi connectivity index (χ4n) is 2.20. The van der Waals surface area contributed by atoms with E-state index in [0.717, 1.165) is 10.2 Å². The Morgan fingerprint density at radius 2 is 1.96 bits per heavy atom. The standard InChI is InChI=1S/C16H17F3N2OS/c1-10-5-4-6-13(7-10)23-14(16(17,18)19)9-15(22)21-12(3)8-11(2)20-21/h4-8,14H,9H2,1-3H3/t14-/m0/s1. The minimum absolute atomic E-state index is 0.494. The molecule has 0 saturated carbocycles. The number of benzene rings is 1. The highest BCUT2D eigenvalue weighted by Crippen LogP contribution is 2.37. The van der Waals surface area contributed by atoms with Gasteiger partial charge in [0.2, 0.25) is 5.91 Å². The molecule has 0 amide bonds. The van der Waals surface area contributed by atoms with Crippen LogP contribution in [0.2, 0.25) is 0 Å². The van der Waals surface area contributed by atoms with Gasteiger partial charge >= 0.3 is 6.18 Å². The van der Waals surface area contributed by atoms with Crippen LogP contribution in [0, 0.1) is 20.8 Å². The largest absolute Gasteiger partial charge is 0.401 e. The molecule has 0 saturated heterocycles. The molecular weight excluding hydrogens is 325 g/mol. The molecule has 23 heavy (non-hydrogen) atoms. The number of aromatic nitrogens is 2. The third-order valence-corrected chi connectivity index (χ3v) is 4.48. The first-order valence-electron chi connectivity index (χ1n) is 7.03. The molecular formula is C16H17F3N2OS. The monoisotopic (exact) mass is 342 g/mol. The normalized spacial score (nSPS) is 13.1. The molecule has 3 nitrogen and oxygen atoms in total. The van der Waals surface area contributed by atoms with Crippen LogP contribution in [-0.2, 0) is 0 Å². The van der Waals surface area contributed by atoms with Crippen molar-refractivity contribution in [3.63, 3.8) is 0 Å². The molecule has 7 heteroatoms. The molecule has 1 atom stereocenters. The number of hydrogen-bond donors (Lipinski definition) is 0. The molecule has 1 aromatic heterocycles. The van der Waals surface area contributed by atoms with Crippen LogP contribution >= 0.6 is 11.8 Å². The van der Waals surface area contributed by atoms with Crippen molar-refractivity contribution < 1.29 is 18.0 Å². The molecule has 1 aromatic carbocycles. The molecule has 0 spiro atoms. The van der Waals surface area contributed by atoms with Crippen LogP contribution in [0.5, 0.6) is 0 Å². The van der Waals surface area contributed by atoms with E-state index in [1.54, 1.807) is 38.1 Å². The van der Waals surface area contributed by atoms with Gasteiger partial charge in [-0.3, -0.25) is 4.79 Å². The Bertz CT molecular complexity index is 710. The quantitative estimate of drug-likeness (QED) is 0.764. The van der Waals surface area contributed by atoms with Gasteiger partial charge in [-0.05, 0) is 39.0 Å². The minimum atomic E-state index is -4.47. The summed E-state index contributed by atoms with van der Waals surface area (Å²) in [6.07, 6.45) is -5.12. The number of carbonyl (C=O) groups excluding carboxylic acids is 1. The van der Waals surface area contributed by atoms with Gasteiger partial charge in [0.05, 0.1) is 5.69 Å². The fourth-order valence-corrected chi connectivity index (χ4v) is 3.30. The van der Waals surface area contributed by atoms with Gasteiger partial charge in [0.1, 0.15) is 5.25 Å². The van der Waals surface area contributed by atoms with Crippen molar-refractivity contribution in [1.82, 2.24) is 9.78 Å². The summed E-state index contributed by atoms with van der Waals surface area (Å²) >= 11 is 0.659. The second kappa shape index (κ2) is 6.78. The molecule has 0 N–H and O–H groups in total. The van der Waals surface area contributed by atoms with Gasteiger partial charge in [-0.1, -0.05) is 17.7 Å². The molecule has 0 aliphatic rings. The van der Waals surface area contributed by atoms with Gasteiger partial charge in [0.25, 0.3) is 0 Å². The molecule has 0 aliphatic heterocycles. The molecule has 2 aromatic rings. The fraction of sp³-hybridized carbons (Fsp3) is 0.375. The SMILES string of the molecule is Cc1cccc(S[C@@H](CC(=O)n2nc(C)cc2C)C(F)(F)F)c1. The number of thioether (sulfide) groups is 1. The van der Waals surface area contributed by atoms with E-state index in [4.69, 9.17) is 0 Å². The molecule has 0 aliphatic carbocycles. The molecule has 0 radical (unpaired) electrons. The molecule has 2 rings (SSSR count). The Kier molecular flexibility index (Phi) is 5.19. The lowest BCUT2D eigenvalue weighted by Crippen LogP contribution is -2.30. The summed E-state index contributed by atoms with van der Waals surface area (Å²) in [6, 6.07) is 8.47. The Hall–Kier alpha value is -1.76. The summed E-state index contributed by atoms with van der Waals surface area (Å²) in [6.45, 7) is 5.15.